The first-order valence-electron chi connectivity index (χ1n) is 9.89. The Kier molecular flexibility index (Phi) is 6.61. The molecule has 0 saturated carbocycles. The minimum absolute atomic E-state index is 0.0548. The Balaban J connectivity index is 1.95. The van der Waals surface area contributed by atoms with Crippen molar-refractivity contribution in [2.24, 2.45) is 14.1 Å². The molecule has 8 nitrogen and oxygen atoms in total. The minimum Gasteiger partial charge on any atom is -0.345 e. The number of aryl methyl sites for hydroxylation is 2. The molecule has 10 heteroatoms. The first-order valence-corrected chi connectivity index (χ1v) is 11.3. The Bertz CT molecular complexity index is 1160. The van der Waals surface area contributed by atoms with Gasteiger partial charge in [-0.2, -0.15) is 4.31 Å². The van der Waals surface area contributed by atoms with E-state index in [-0.39, 0.29) is 16.4 Å². The number of nitrogens with zero attached hydrogens (tertiary/aromatic N) is 4. The summed E-state index contributed by atoms with van der Waals surface area (Å²) in [5.41, 5.74) is 0.835. The van der Waals surface area contributed by atoms with Gasteiger partial charge < -0.3 is 14.5 Å². The van der Waals surface area contributed by atoms with E-state index in [1.165, 1.54) is 33.3 Å². The molecule has 0 aliphatic rings. The van der Waals surface area contributed by atoms with E-state index in [0.717, 1.165) is 0 Å². The van der Waals surface area contributed by atoms with E-state index in [1.54, 1.807) is 57.0 Å². The standard InChI is InChI=1S/C21H26FN5O3S/c1-5-27(6-2)31(29,30)17-13-18(26(4)14-17)21(28)24-19(20-23-11-12-25(20)3)15-7-9-16(22)10-8-15/h7-14,19H,5-6H2,1-4H3,(H,24,28)/t19-/m0/s1. The Labute approximate surface area is 181 Å². The van der Waals surface area contributed by atoms with E-state index in [2.05, 4.69) is 10.3 Å². The van der Waals surface area contributed by atoms with Crippen molar-refractivity contribution in [3.05, 3.63) is 71.8 Å². The Morgan fingerprint density at radius 2 is 1.81 bits per heavy atom. The summed E-state index contributed by atoms with van der Waals surface area (Å²) in [6, 6.07) is 6.50. The van der Waals surface area contributed by atoms with E-state index in [1.807, 2.05) is 0 Å². The summed E-state index contributed by atoms with van der Waals surface area (Å²) in [6.07, 6.45) is 4.78. The Morgan fingerprint density at radius 1 is 1.16 bits per heavy atom. The summed E-state index contributed by atoms with van der Waals surface area (Å²) >= 11 is 0. The lowest BCUT2D eigenvalue weighted by Gasteiger charge is -2.19. The molecule has 0 spiro atoms. The monoisotopic (exact) mass is 447 g/mol. The predicted octanol–water partition coefficient (Wildman–Crippen LogP) is 2.45. The third kappa shape index (κ3) is 4.54. The van der Waals surface area contributed by atoms with Crippen molar-refractivity contribution in [3.63, 3.8) is 0 Å². The van der Waals surface area contributed by atoms with Crippen molar-refractivity contribution in [3.8, 4) is 0 Å². The summed E-state index contributed by atoms with van der Waals surface area (Å²) in [6.45, 7) is 4.19. The third-order valence-electron chi connectivity index (χ3n) is 5.15. The van der Waals surface area contributed by atoms with E-state index >= 15 is 0 Å². The maximum absolute atomic E-state index is 13.4. The van der Waals surface area contributed by atoms with E-state index in [0.29, 0.717) is 24.5 Å². The van der Waals surface area contributed by atoms with Crippen LogP contribution in [0.1, 0.15) is 41.8 Å². The smallest absolute Gasteiger partial charge is 0.268 e. The third-order valence-corrected chi connectivity index (χ3v) is 7.17. The molecule has 1 amide bonds. The zero-order chi connectivity index (χ0) is 22.8. The molecule has 0 bridgehead atoms. The van der Waals surface area contributed by atoms with Crippen LogP contribution in [0.5, 0.6) is 0 Å². The molecule has 0 saturated heterocycles. The molecule has 1 N–H and O–H groups in total. The number of imidazole rings is 1. The molecule has 0 aliphatic heterocycles. The van der Waals surface area contributed by atoms with Crippen molar-refractivity contribution < 1.29 is 17.6 Å². The molecular formula is C21H26FN5O3S. The number of nitrogens with one attached hydrogen (secondary N) is 1. The topological polar surface area (TPSA) is 89.2 Å². The van der Waals surface area contributed by atoms with Crippen LogP contribution >= 0.6 is 0 Å². The van der Waals surface area contributed by atoms with Gasteiger partial charge in [-0.25, -0.2) is 17.8 Å². The fourth-order valence-electron chi connectivity index (χ4n) is 3.43. The van der Waals surface area contributed by atoms with Crippen molar-refractivity contribution in [1.82, 2.24) is 23.7 Å². The summed E-state index contributed by atoms with van der Waals surface area (Å²) in [7, 11) is -0.288. The van der Waals surface area contributed by atoms with Gasteiger partial charge in [-0.3, -0.25) is 4.79 Å². The van der Waals surface area contributed by atoms with Crippen LogP contribution in [-0.4, -0.2) is 45.8 Å². The van der Waals surface area contributed by atoms with Gasteiger partial charge in [-0.1, -0.05) is 26.0 Å². The number of carbonyl (C=O) groups is 1. The maximum Gasteiger partial charge on any atom is 0.268 e. The highest BCUT2D eigenvalue weighted by atomic mass is 32.2. The number of hydrogen-bond donors (Lipinski definition) is 1. The zero-order valence-electron chi connectivity index (χ0n) is 17.9. The summed E-state index contributed by atoms with van der Waals surface area (Å²) in [4.78, 5) is 17.5. The average molecular weight is 448 g/mol. The molecule has 1 atom stereocenters. The Morgan fingerprint density at radius 3 is 2.35 bits per heavy atom. The van der Waals surface area contributed by atoms with Gasteiger partial charge in [0.05, 0.1) is 0 Å². The number of hydrogen-bond acceptors (Lipinski definition) is 4. The predicted molar refractivity (Wildman–Crippen MR) is 114 cm³/mol. The summed E-state index contributed by atoms with van der Waals surface area (Å²) in [5, 5.41) is 2.90. The van der Waals surface area contributed by atoms with Crippen LogP contribution in [0.15, 0.2) is 53.8 Å². The highest BCUT2D eigenvalue weighted by Gasteiger charge is 2.27. The SMILES string of the molecule is CCN(CC)S(=O)(=O)c1cc(C(=O)N[C@@H](c2ccc(F)cc2)c2nccn2C)n(C)c1. The molecule has 3 rings (SSSR count). The fraction of sp³-hybridized carbons (Fsp3) is 0.333. The molecule has 0 radical (unpaired) electrons. The second kappa shape index (κ2) is 9.03. The van der Waals surface area contributed by atoms with E-state index in [9.17, 15) is 17.6 Å². The first kappa shape index (κ1) is 22.7. The van der Waals surface area contributed by atoms with Crippen LogP contribution in [0.4, 0.5) is 4.39 Å². The average Bonchev–Trinajstić information content (AvgIpc) is 3.33. The van der Waals surface area contributed by atoms with Gasteiger partial charge in [-0.05, 0) is 23.8 Å². The number of halogens is 1. The van der Waals surface area contributed by atoms with Crippen molar-refractivity contribution in [2.75, 3.05) is 13.1 Å². The number of amides is 1. The van der Waals surface area contributed by atoms with Gasteiger partial charge in [0.2, 0.25) is 10.0 Å². The second-order valence-electron chi connectivity index (χ2n) is 7.12. The van der Waals surface area contributed by atoms with Crippen molar-refractivity contribution >= 4 is 15.9 Å². The van der Waals surface area contributed by atoms with Crippen LogP contribution in [0.2, 0.25) is 0 Å². The molecule has 2 heterocycles. The fourth-order valence-corrected chi connectivity index (χ4v) is 4.96. The molecule has 1 aromatic carbocycles. The van der Waals surface area contributed by atoms with E-state index in [4.69, 9.17) is 0 Å². The second-order valence-corrected chi connectivity index (χ2v) is 9.05. The molecule has 166 valence electrons. The van der Waals surface area contributed by atoms with Gasteiger partial charge in [-0.15, -0.1) is 0 Å². The molecule has 0 unspecified atom stereocenters. The molecule has 31 heavy (non-hydrogen) atoms. The largest absolute Gasteiger partial charge is 0.345 e. The number of sulfonamides is 1. The lowest BCUT2D eigenvalue weighted by atomic mass is 10.1. The zero-order valence-corrected chi connectivity index (χ0v) is 18.7. The molecule has 0 aliphatic carbocycles. The van der Waals surface area contributed by atoms with Crippen LogP contribution in [0.3, 0.4) is 0 Å². The van der Waals surface area contributed by atoms with Crippen LogP contribution in [-0.2, 0) is 24.1 Å². The van der Waals surface area contributed by atoms with Gasteiger partial charge in [0.15, 0.2) is 0 Å². The molecular weight excluding hydrogens is 421 g/mol. The lowest BCUT2D eigenvalue weighted by molar-refractivity contribution is 0.0933. The summed E-state index contributed by atoms with van der Waals surface area (Å²) < 4.78 is 43.6. The highest BCUT2D eigenvalue weighted by molar-refractivity contribution is 7.89. The lowest BCUT2D eigenvalue weighted by Crippen LogP contribution is -2.32. The minimum atomic E-state index is -3.70. The van der Waals surface area contributed by atoms with Crippen LogP contribution < -0.4 is 5.32 Å². The molecule has 3 aromatic rings. The van der Waals surface area contributed by atoms with Crippen LogP contribution in [0.25, 0.3) is 0 Å². The van der Waals surface area contributed by atoms with Gasteiger partial charge in [0.25, 0.3) is 5.91 Å². The van der Waals surface area contributed by atoms with Gasteiger partial charge in [0, 0.05) is 45.8 Å². The molecule has 0 fully saturated rings. The molecule has 2 aromatic heterocycles. The first-order chi connectivity index (χ1) is 14.7. The van der Waals surface area contributed by atoms with Crippen LogP contribution in [0, 0.1) is 5.82 Å². The number of carbonyl (C=O) groups excluding carboxylic acids is 1. The normalized spacial score (nSPS) is 12.8. The van der Waals surface area contributed by atoms with E-state index < -0.39 is 22.0 Å². The summed E-state index contributed by atoms with van der Waals surface area (Å²) in [5.74, 6) is -0.298. The number of benzene rings is 1. The number of rotatable bonds is 8. The maximum atomic E-state index is 13.4. The van der Waals surface area contributed by atoms with Gasteiger partial charge >= 0.3 is 0 Å². The number of aromatic nitrogens is 3. The Hall–Kier alpha value is -2.98. The quantitative estimate of drug-likeness (QED) is 0.574. The van der Waals surface area contributed by atoms with Crippen molar-refractivity contribution in [2.45, 2.75) is 24.8 Å². The van der Waals surface area contributed by atoms with Crippen molar-refractivity contribution in [1.29, 1.82) is 0 Å². The highest BCUT2D eigenvalue weighted by Crippen LogP contribution is 2.23. The van der Waals surface area contributed by atoms with Gasteiger partial charge in [0.1, 0.15) is 28.3 Å².